The van der Waals surface area contributed by atoms with E-state index < -0.39 is 15.8 Å². The van der Waals surface area contributed by atoms with Crippen LogP contribution in [-0.4, -0.2) is 14.5 Å². The fraction of sp³-hybridized carbons (Fsp3) is 0.538. The van der Waals surface area contributed by atoms with Crippen LogP contribution in [0.3, 0.4) is 0 Å². The van der Waals surface area contributed by atoms with Gasteiger partial charge in [0, 0.05) is 17.3 Å². The highest BCUT2D eigenvalue weighted by molar-refractivity contribution is 7.89. The van der Waals surface area contributed by atoms with Crippen LogP contribution in [0.15, 0.2) is 17.0 Å². The zero-order valence-corrected chi connectivity index (χ0v) is 12.5. The predicted molar refractivity (Wildman–Crippen MR) is 74.8 cm³/mol. The molecule has 19 heavy (non-hydrogen) atoms. The van der Waals surface area contributed by atoms with Gasteiger partial charge in [0.05, 0.1) is 4.90 Å². The topological polar surface area (TPSA) is 72.2 Å². The molecule has 0 amide bonds. The molecule has 1 aromatic rings. The summed E-state index contributed by atoms with van der Waals surface area (Å²) in [6, 6.07) is 2.18. The van der Waals surface area contributed by atoms with E-state index in [9.17, 15) is 12.8 Å². The molecule has 0 aliphatic heterocycles. The highest BCUT2D eigenvalue weighted by Crippen LogP contribution is 2.22. The summed E-state index contributed by atoms with van der Waals surface area (Å²) < 4.78 is 40.5. The van der Waals surface area contributed by atoms with Gasteiger partial charge in [-0.25, -0.2) is 17.5 Å². The molecule has 0 spiro atoms. The van der Waals surface area contributed by atoms with Crippen LogP contribution in [0.5, 0.6) is 0 Å². The molecule has 0 fully saturated rings. The summed E-state index contributed by atoms with van der Waals surface area (Å²) in [6.07, 6.45) is 0.711. The number of benzene rings is 1. The number of halogens is 1. The number of nitrogens with two attached hydrogens (primary N) is 1. The third-order valence-corrected chi connectivity index (χ3v) is 4.51. The third kappa shape index (κ3) is 4.18. The Labute approximate surface area is 114 Å². The summed E-state index contributed by atoms with van der Waals surface area (Å²) in [4.78, 5) is -0.0967. The van der Waals surface area contributed by atoms with Gasteiger partial charge in [-0.05, 0) is 38.3 Å². The van der Waals surface area contributed by atoms with Crippen molar-refractivity contribution in [3.05, 3.63) is 23.5 Å². The Hall–Kier alpha value is -1.14. The Balaban J connectivity index is 3.07. The van der Waals surface area contributed by atoms with Crippen molar-refractivity contribution in [3.63, 3.8) is 0 Å². The molecule has 108 valence electrons. The maximum absolute atomic E-state index is 13.5. The molecule has 0 heterocycles. The summed E-state index contributed by atoms with van der Waals surface area (Å²) in [5.74, 6) is -0.242. The normalized spacial score (nSPS) is 13.8. The van der Waals surface area contributed by atoms with Crippen LogP contribution in [0.25, 0.3) is 0 Å². The third-order valence-electron chi connectivity index (χ3n) is 2.79. The van der Waals surface area contributed by atoms with Gasteiger partial charge in [-0.1, -0.05) is 13.8 Å². The van der Waals surface area contributed by atoms with Gasteiger partial charge < -0.3 is 5.73 Å². The average Bonchev–Trinajstić information content (AvgIpc) is 2.20. The lowest BCUT2D eigenvalue weighted by molar-refractivity contribution is 0.482. The molecule has 0 aromatic heterocycles. The van der Waals surface area contributed by atoms with E-state index in [2.05, 4.69) is 4.72 Å². The van der Waals surface area contributed by atoms with E-state index in [1.807, 2.05) is 13.8 Å². The molecule has 1 aromatic carbocycles. The number of hydrogen-bond acceptors (Lipinski definition) is 3. The minimum atomic E-state index is -3.75. The lowest BCUT2D eigenvalue weighted by Gasteiger charge is -2.17. The number of nitrogen functional groups attached to an aromatic ring is 1. The molecular formula is C13H21FN2O2S. The minimum Gasteiger partial charge on any atom is -0.399 e. The maximum Gasteiger partial charge on any atom is 0.241 e. The molecule has 3 N–H and O–H groups in total. The summed E-state index contributed by atoms with van der Waals surface area (Å²) in [7, 11) is -3.75. The van der Waals surface area contributed by atoms with Gasteiger partial charge in [-0.3, -0.25) is 0 Å². The van der Waals surface area contributed by atoms with E-state index in [4.69, 9.17) is 5.73 Å². The van der Waals surface area contributed by atoms with Crippen LogP contribution in [-0.2, 0) is 10.0 Å². The lowest BCUT2D eigenvalue weighted by atomic mass is 10.1. The average molecular weight is 288 g/mol. The molecule has 0 radical (unpaired) electrons. The van der Waals surface area contributed by atoms with Crippen molar-refractivity contribution in [1.82, 2.24) is 4.72 Å². The van der Waals surface area contributed by atoms with Gasteiger partial charge in [0.15, 0.2) is 0 Å². The first-order valence-electron chi connectivity index (χ1n) is 6.21. The second-order valence-corrected chi connectivity index (χ2v) is 6.96. The van der Waals surface area contributed by atoms with Crippen molar-refractivity contribution in [3.8, 4) is 0 Å². The molecule has 0 aliphatic carbocycles. The summed E-state index contributed by atoms with van der Waals surface area (Å²) >= 11 is 0. The van der Waals surface area contributed by atoms with Crippen LogP contribution in [0.1, 0.15) is 32.8 Å². The fourth-order valence-corrected chi connectivity index (χ4v) is 3.58. The zero-order valence-electron chi connectivity index (χ0n) is 11.7. The number of sulfonamides is 1. The molecule has 0 aliphatic rings. The second-order valence-electron chi connectivity index (χ2n) is 5.28. The van der Waals surface area contributed by atoms with E-state index in [-0.39, 0.29) is 22.2 Å². The Morgan fingerprint density at radius 2 is 1.89 bits per heavy atom. The summed E-state index contributed by atoms with van der Waals surface area (Å²) in [5, 5.41) is 0. The van der Waals surface area contributed by atoms with Crippen LogP contribution < -0.4 is 10.5 Å². The first kappa shape index (κ1) is 15.9. The van der Waals surface area contributed by atoms with Crippen molar-refractivity contribution < 1.29 is 12.8 Å². The standard InChI is InChI=1S/C13H21FN2O2S/c1-8(2)5-9(3)16-19(17,18)13-7-11(15)6-12(14)10(13)4/h6-9,16H,5,15H2,1-4H3. The van der Waals surface area contributed by atoms with E-state index in [1.54, 1.807) is 6.92 Å². The van der Waals surface area contributed by atoms with Gasteiger partial charge in [-0.2, -0.15) is 0 Å². The minimum absolute atomic E-state index is 0.0819. The van der Waals surface area contributed by atoms with Crippen molar-refractivity contribution >= 4 is 15.7 Å². The molecule has 4 nitrogen and oxygen atoms in total. The monoisotopic (exact) mass is 288 g/mol. The number of anilines is 1. The molecular weight excluding hydrogens is 267 g/mol. The maximum atomic E-state index is 13.5. The van der Waals surface area contributed by atoms with Gasteiger partial charge in [0.2, 0.25) is 10.0 Å². The lowest BCUT2D eigenvalue weighted by Crippen LogP contribution is -2.34. The van der Waals surface area contributed by atoms with E-state index in [0.29, 0.717) is 12.3 Å². The Morgan fingerprint density at radius 3 is 2.42 bits per heavy atom. The molecule has 0 bridgehead atoms. The largest absolute Gasteiger partial charge is 0.399 e. The predicted octanol–water partition coefficient (Wildman–Crippen LogP) is 2.43. The smallest absolute Gasteiger partial charge is 0.241 e. The molecule has 1 atom stereocenters. The van der Waals surface area contributed by atoms with Crippen molar-refractivity contribution in [2.45, 2.75) is 45.1 Å². The van der Waals surface area contributed by atoms with Crippen LogP contribution in [0.2, 0.25) is 0 Å². The Kier molecular flexibility index (Phi) is 4.92. The van der Waals surface area contributed by atoms with Gasteiger partial charge >= 0.3 is 0 Å². The molecule has 0 saturated carbocycles. The van der Waals surface area contributed by atoms with E-state index >= 15 is 0 Å². The van der Waals surface area contributed by atoms with Crippen molar-refractivity contribution in [1.29, 1.82) is 0 Å². The molecule has 1 rings (SSSR count). The van der Waals surface area contributed by atoms with Gasteiger partial charge in [0.25, 0.3) is 0 Å². The molecule has 0 saturated heterocycles. The molecule has 6 heteroatoms. The van der Waals surface area contributed by atoms with Gasteiger partial charge in [0.1, 0.15) is 5.82 Å². The number of nitrogens with one attached hydrogen (secondary N) is 1. The summed E-state index contributed by atoms with van der Waals surface area (Å²) in [5.41, 5.74) is 5.68. The fourth-order valence-electron chi connectivity index (χ4n) is 2.04. The number of hydrogen-bond donors (Lipinski definition) is 2. The Bertz CT molecular complexity index is 556. The van der Waals surface area contributed by atoms with Crippen LogP contribution >= 0.6 is 0 Å². The quantitative estimate of drug-likeness (QED) is 0.817. The van der Waals surface area contributed by atoms with Crippen molar-refractivity contribution in [2.24, 2.45) is 5.92 Å². The van der Waals surface area contributed by atoms with Crippen LogP contribution in [0.4, 0.5) is 10.1 Å². The summed E-state index contributed by atoms with van der Waals surface area (Å²) in [6.45, 7) is 7.23. The van der Waals surface area contributed by atoms with E-state index in [0.717, 1.165) is 6.07 Å². The highest BCUT2D eigenvalue weighted by Gasteiger charge is 2.22. The van der Waals surface area contributed by atoms with Crippen LogP contribution in [0, 0.1) is 18.7 Å². The Morgan fingerprint density at radius 1 is 1.32 bits per heavy atom. The first-order valence-corrected chi connectivity index (χ1v) is 7.69. The first-order chi connectivity index (χ1) is 8.63. The highest BCUT2D eigenvalue weighted by atomic mass is 32.2. The SMILES string of the molecule is Cc1c(F)cc(N)cc1S(=O)(=O)NC(C)CC(C)C. The van der Waals surface area contributed by atoms with Gasteiger partial charge in [-0.15, -0.1) is 0 Å². The number of rotatable bonds is 5. The zero-order chi connectivity index (χ0) is 14.8. The molecule has 1 unspecified atom stereocenters. The van der Waals surface area contributed by atoms with E-state index in [1.165, 1.54) is 13.0 Å². The van der Waals surface area contributed by atoms with Crippen molar-refractivity contribution in [2.75, 3.05) is 5.73 Å². The second kappa shape index (κ2) is 5.88.